The van der Waals surface area contributed by atoms with Crippen molar-refractivity contribution < 1.29 is 36.6 Å². The smallest absolute Gasteiger partial charge is 0.368 e. The van der Waals surface area contributed by atoms with Gasteiger partial charge in [0.25, 0.3) is 0 Å². The van der Waals surface area contributed by atoms with Crippen molar-refractivity contribution in [3.63, 3.8) is 0 Å². The monoisotopic (exact) mass is 517 g/mol. The van der Waals surface area contributed by atoms with Gasteiger partial charge in [-0.3, -0.25) is 14.9 Å². The zero-order valence-corrected chi connectivity index (χ0v) is 19.5. The standard InChI is InChI=1S/C20H28ClF4N3O4S/c21-12-2-1-11(5-13(12)22)31-7-14(29)27-18-3-4-19(9-18,10-18)28-15(30)8-32-16-6-26-17(33-16)20(23,24)25/h11-13,16-17,26H,1-10H2,(H,27,29)(H,28,30). The third kappa shape index (κ3) is 6.06. The second kappa shape index (κ2) is 9.67. The van der Waals surface area contributed by atoms with E-state index in [2.05, 4.69) is 16.0 Å². The lowest BCUT2D eigenvalue weighted by molar-refractivity contribution is -0.134. The first-order chi connectivity index (χ1) is 15.5. The van der Waals surface area contributed by atoms with Crippen molar-refractivity contribution in [1.29, 1.82) is 0 Å². The van der Waals surface area contributed by atoms with Crippen LogP contribution in [0.2, 0.25) is 0 Å². The van der Waals surface area contributed by atoms with Crippen molar-refractivity contribution in [3.05, 3.63) is 0 Å². The molecule has 0 aromatic heterocycles. The fraction of sp³-hybridized carbons (Fsp3) is 0.900. The highest BCUT2D eigenvalue weighted by Gasteiger charge is 2.62. The molecular formula is C20H28ClF4N3O4S. The SMILES string of the molecule is O=C(COC1CCC(Cl)C(F)C1)NC12CCC(NC(=O)COC3CNC(C(F)(F)F)S3)(C1)C2. The van der Waals surface area contributed by atoms with E-state index in [1.165, 1.54) is 0 Å². The summed E-state index contributed by atoms with van der Waals surface area (Å²) in [4.78, 5) is 24.6. The van der Waals surface area contributed by atoms with Crippen LogP contribution in [0.1, 0.15) is 44.9 Å². The van der Waals surface area contributed by atoms with Gasteiger partial charge < -0.3 is 20.1 Å². The molecule has 33 heavy (non-hydrogen) atoms. The van der Waals surface area contributed by atoms with Crippen LogP contribution in [0, 0.1) is 0 Å². The number of hydrogen-bond acceptors (Lipinski definition) is 6. The number of alkyl halides is 5. The number of rotatable bonds is 8. The van der Waals surface area contributed by atoms with Crippen molar-refractivity contribution in [2.45, 2.75) is 90.7 Å². The Hall–Kier alpha value is -0.820. The maximum Gasteiger partial charge on any atom is 0.413 e. The van der Waals surface area contributed by atoms with E-state index in [1.807, 2.05) is 0 Å². The van der Waals surface area contributed by atoms with Crippen LogP contribution in [-0.2, 0) is 19.1 Å². The summed E-state index contributed by atoms with van der Waals surface area (Å²) in [7, 11) is 0. The van der Waals surface area contributed by atoms with Gasteiger partial charge in [-0.05, 0) is 38.5 Å². The number of carbonyl (C=O) groups excluding carboxylic acids is 2. The van der Waals surface area contributed by atoms with E-state index in [1.54, 1.807) is 0 Å². The molecular weight excluding hydrogens is 490 g/mol. The molecule has 0 spiro atoms. The summed E-state index contributed by atoms with van der Waals surface area (Å²) in [6.45, 7) is -0.450. The van der Waals surface area contributed by atoms with Gasteiger partial charge in [-0.1, -0.05) is 0 Å². The van der Waals surface area contributed by atoms with Crippen LogP contribution in [-0.4, -0.2) is 77.3 Å². The Labute approximate surface area is 198 Å². The van der Waals surface area contributed by atoms with Crippen LogP contribution in [0.5, 0.6) is 0 Å². The maximum atomic E-state index is 13.7. The number of amides is 2. The van der Waals surface area contributed by atoms with Crippen molar-refractivity contribution in [2.75, 3.05) is 19.8 Å². The van der Waals surface area contributed by atoms with E-state index in [4.69, 9.17) is 21.1 Å². The maximum absolute atomic E-state index is 13.7. The molecule has 5 fully saturated rings. The number of halogens is 5. The van der Waals surface area contributed by atoms with Gasteiger partial charge in [-0.2, -0.15) is 13.2 Å². The van der Waals surface area contributed by atoms with Crippen LogP contribution in [0.4, 0.5) is 17.6 Å². The Morgan fingerprint density at radius 3 is 2.21 bits per heavy atom. The van der Waals surface area contributed by atoms with Crippen molar-refractivity contribution >= 4 is 35.2 Å². The minimum Gasteiger partial charge on any atom is -0.368 e. The molecule has 0 radical (unpaired) electrons. The van der Waals surface area contributed by atoms with Crippen molar-refractivity contribution in [2.24, 2.45) is 0 Å². The molecule has 4 aliphatic carbocycles. The van der Waals surface area contributed by atoms with Gasteiger partial charge in [0.05, 0.1) is 11.5 Å². The number of nitrogens with one attached hydrogen (secondary N) is 3. The van der Waals surface area contributed by atoms with Gasteiger partial charge in [-0.25, -0.2) is 4.39 Å². The second-order valence-corrected chi connectivity index (χ2v) is 11.3. The molecule has 5 unspecified atom stereocenters. The molecule has 2 amide bonds. The molecule has 1 aliphatic heterocycles. The molecule has 1 heterocycles. The van der Waals surface area contributed by atoms with E-state index in [0.717, 1.165) is 0 Å². The lowest BCUT2D eigenvalue weighted by Crippen LogP contribution is -2.65. The Balaban J connectivity index is 1.14. The zero-order valence-electron chi connectivity index (χ0n) is 17.9. The number of hydrogen-bond donors (Lipinski definition) is 3. The molecule has 5 atom stereocenters. The highest BCUT2D eigenvalue weighted by molar-refractivity contribution is 8.00. The summed E-state index contributed by atoms with van der Waals surface area (Å²) < 4.78 is 62.6. The van der Waals surface area contributed by atoms with E-state index < -0.39 is 39.6 Å². The van der Waals surface area contributed by atoms with Crippen LogP contribution in [0.15, 0.2) is 0 Å². The molecule has 7 nitrogen and oxygen atoms in total. The Bertz CT molecular complexity index is 755. The Morgan fingerprint density at radius 2 is 1.67 bits per heavy atom. The summed E-state index contributed by atoms with van der Waals surface area (Å²) in [5.74, 6) is -0.652. The van der Waals surface area contributed by atoms with E-state index >= 15 is 0 Å². The topological polar surface area (TPSA) is 88.7 Å². The molecule has 2 bridgehead atoms. The predicted molar refractivity (Wildman–Crippen MR) is 114 cm³/mol. The van der Waals surface area contributed by atoms with E-state index in [-0.39, 0.29) is 44.1 Å². The van der Waals surface area contributed by atoms with Crippen LogP contribution in [0.25, 0.3) is 0 Å². The minimum absolute atomic E-state index is 0.0176. The molecule has 5 rings (SSSR count). The number of thioether (sulfide) groups is 1. The molecule has 0 aromatic carbocycles. The Kier molecular flexibility index (Phi) is 7.41. The van der Waals surface area contributed by atoms with Crippen LogP contribution >= 0.6 is 23.4 Å². The van der Waals surface area contributed by atoms with Gasteiger partial charge in [0, 0.05) is 24.0 Å². The number of ether oxygens (including phenoxy) is 2. The van der Waals surface area contributed by atoms with Gasteiger partial charge in [0.15, 0.2) is 5.37 Å². The molecule has 0 aromatic rings. The first kappa shape index (κ1) is 25.3. The quantitative estimate of drug-likeness (QED) is 0.338. The van der Waals surface area contributed by atoms with Gasteiger partial charge in [0.1, 0.15) is 24.8 Å². The highest BCUT2D eigenvalue weighted by Crippen LogP contribution is 2.55. The molecule has 4 saturated carbocycles. The molecule has 13 heteroatoms. The summed E-state index contributed by atoms with van der Waals surface area (Å²) in [6, 6.07) is 0. The summed E-state index contributed by atoms with van der Waals surface area (Å²) in [6.07, 6.45) is -1.92. The molecule has 3 N–H and O–H groups in total. The summed E-state index contributed by atoms with van der Waals surface area (Å²) in [5, 5.41) is 6.06. The number of fused-ring (bicyclic) bond motifs is 1. The molecule has 5 aliphatic rings. The lowest BCUT2D eigenvalue weighted by atomic mass is 9.71. The first-order valence-corrected chi connectivity index (χ1v) is 12.4. The number of carbonyl (C=O) groups is 2. The Morgan fingerprint density at radius 1 is 1.06 bits per heavy atom. The van der Waals surface area contributed by atoms with Crippen LogP contribution < -0.4 is 16.0 Å². The fourth-order valence-electron chi connectivity index (χ4n) is 5.34. The fourth-order valence-corrected chi connectivity index (χ4v) is 6.56. The third-order valence-corrected chi connectivity index (χ3v) is 8.60. The van der Waals surface area contributed by atoms with Crippen molar-refractivity contribution in [1.82, 2.24) is 16.0 Å². The molecule has 188 valence electrons. The summed E-state index contributed by atoms with van der Waals surface area (Å²) in [5.41, 5.74) is -1.56. The highest BCUT2D eigenvalue weighted by atomic mass is 35.5. The zero-order chi connectivity index (χ0) is 23.9. The van der Waals surface area contributed by atoms with Gasteiger partial charge in [-0.15, -0.1) is 23.4 Å². The second-order valence-electron chi connectivity index (χ2n) is 9.50. The lowest BCUT2D eigenvalue weighted by Gasteiger charge is -2.48. The normalized spacial score (nSPS) is 40.3. The first-order valence-electron chi connectivity index (χ1n) is 11.1. The van der Waals surface area contributed by atoms with E-state index in [9.17, 15) is 27.2 Å². The van der Waals surface area contributed by atoms with Gasteiger partial charge >= 0.3 is 6.18 Å². The predicted octanol–water partition coefficient (Wildman–Crippen LogP) is 2.37. The average molecular weight is 518 g/mol. The van der Waals surface area contributed by atoms with Crippen molar-refractivity contribution in [3.8, 4) is 0 Å². The average Bonchev–Trinajstić information content (AvgIpc) is 3.40. The van der Waals surface area contributed by atoms with E-state index in [0.29, 0.717) is 50.3 Å². The third-order valence-electron chi connectivity index (χ3n) is 6.80. The minimum atomic E-state index is -4.36. The largest absolute Gasteiger partial charge is 0.413 e. The van der Waals surface area contributed by atoms with Crippen LogP contribution in [0.3, 0.4) is 0 Å². The van der Waals surface area contributed by atoms with Gasteiger partial charge in [0.2, 0.25) is 11.8 Å². The molecule has 1 saturated heterocycles. The summed E-state index contributed by atoms with van der Waals surface area (Å²) >= 11 is 6.47.